The van der Waals surface area contributed by atoms with Crippen LogP contribution in [0.15, 0.2) is 24.8 Å². The third-order valence-electron chi connectivity index (χ3n) is 2.75. The molecule has 0 aromatic rings. The summed E-state index contributed by atoms with van der Waals surface area (Å²) in [7, 11) is 0. The van der Waals surface area contributed by atoms with Crippen LogP contribution in [-0.4, -0.2) is 12.6 Å². The van der Waals surface area contributed by atoms with Gasteiger partial charge in [0.15, 0.2) is 0 Å². The summed E-state index contributed by atoms with van der Waals surface area (Å²) in [6.07, 6.45) is 15.8. The van der Waals surface area contributed by atoms with Crippen molar-refractivity contribution in [3.8, 4) is 0 Å². The molecule has 0 atom stereocenters. The number of carbonyl (C=O) groups is 1. The summed E-state index contributed by atoms with van der Waals surface area (Å²) in [4.78, 5) is 11.1. The third kappa shape index (κ3) is 13.0. The fraction of sp³-hybridized carbons (Fsp3) is 0.688. The molecular weight excluding hydrogens is 224 g/mol. The summed E-state index contributed by atoms with van der Waals surface area (Å²) in [5.41, 5.74) is 0. The van der Waals surface area contributed by atoms with Gasteiger partial charge in [-0.2, -0.15) is 0 Å². The van der Waals surface area contributed by atoms with Crippen molar-refractivity contribution in [1.29, 1.82) is 0 Å². The smallest absolute Gasteiger partial charge is 0.305 e. The maximum atomic E-state index is 11.1. The van der Waals surface area contributed by atoms with Gasteiger partial charge in [0, 0.05) is 6.42 Å². The van der Waals surface area contributed by atoms with Crippen LogP contribution in [0.2, 0.25) is 0 Å². The maximum Gasteiger partial charge on any atom is 0.305 e. The van der Waals surface area contributed by atoms with Crippen LogP contribution in [0.4, 0.5) is 0 Å². The Morgan fingerprint density at radius 3 is 2.44 bits per heavy atom. The van der Waals surface area contributed by atoms with E-state index in [0.29, 0.717) is 13.0 Å². The van der Waals surface area contributed by atoms with Crippen molar-refractivity contribution in [1.82, 2.24) is 0 Å². The highest BCUT2D eigenvalue weighted by atomic mass is 16.5. The van der Waals surface area contributed by atoms with E-state index in [-0.39, 0.29) is 5.97 Å². The molecule has 0 N–H and O–H groups in total. The van der Waals surface area contributed by atoms with Crippen molar-refractivity contribution in [2.75, 3.05) is 6.61 Å². The number of carbonyl (C=O) groups excluding carboxylic acids is 1. The minimum atomic E-state index is -0.0495. The fourth-order valence-electron chi connectivity index (χ4n) is 1.73. The highest BCUT2D eigenvalue weighted by molar-refractivity contribution is 5.69. The number of esters is 1. The van der Waals surface area contributed by atoms with Gasteiger partial charge in [0.05, 0.1) is 6.61 Å². The zero-order valence-corrected chi connectivity index (χ0v) is 11.8. The molecule has 104 valence electrons. The second-order valence-corrected chi connectivity index (χ2v) is 4.54. The summed E-state index contributed by atoms with van der Waals surface area (Å²) < 4.78 is 5.10. The Bertz CT molecular complexity index is 231. The van der Waals surface area contributed by atoms with E-state index in [1.807, 2.05) is 19.1 Å². The first kappa shape index (κ1) is 16.9. The van der Waals surface area contributed by atoms with Gasteiger partial charge >= 0.3 is 5.97 Å². The standard InChI is InChI=1S/C16H28O2/c1-3-5-6-7-8-9-10-11-12-13-15-18-16(17)14-4-2/h3,5-6H,1,4,7-15H2,2H3/b6-5+. The molecule has 0 radical (unpaired) electrons. The zero-order chi connectivity index (χ0) is 13.5. The number of unbranched alkanes of at least 4 members (excludes halogenated alkanes) is 6. The van der Waals surface area contributed by atoms with E-state index in [1.165, 1.54) is 32.1 Å². The molecule has 0 aliphatic carbocycles. The van der Waals surface area contributed by atoms with E-state index in [0.717, 1.165) is 19.3 Å². The van der Waals surface area contributed by atoms with Crippen LogP contribution >= 0.6 is 0 Å². The quantitative estimate of drug-likeness (QED) is 0.283. The number of rotatable bonds is 12. The molecule has 0 rings (SSSR count). The molecule has 0 saturated heterocycles. The molecule has 0 aliphatic rings. The zero-order valence-electron chi connectivity index (χ0n) is 11.8. The average molecular weight is 252 g/mol. The lowest BCUT2D eigenvalue weighted by Gasteiger charge is -2.03. The Kier molecular flexibility index (Phi) is 13.2. The minimum Gasteiger partial charge on any atom is -0.466 e. The highest BCUT2D eigenvalue weighted by Crippen LogP contribution is 2.08. The minimum absolute atomic E-state index is 0.0495. The van der Waals surface area contributed by atoms with Crippen LogP contribution < -0.4 is 0 Å². The summed E-state index contributed by atoms with van der Waals surface area (Å²) >= 11 is 0. The molecule has 0 unspecified atom stereocenters. The van der Waals surface area contributed by atoms with Crippen molar-refractivity contribution in [2.45, 2.75) is 64.7 Å². The SMILES string of the molecule is C=C/C=C/CCCCCCCCOC(=O)CCC. The number of hydrogen-bond donors (Lipinski definition) is 0. The maximum absolute atomic E-state index is 11.1. The van der Waals surface area contributed by atoms with E-state index < -0.39 is 0 Å². The first-order chi connectivity index (χ1) is 8.81. The van der Waals surface area contributed by atoms with Crippen LogP contribution in [0.3, 0.4) is 0 Å². The van der Waals surface area contributed by atoms with Crippen molar-refractivity contribution in [2.24, 2.45) is 0 Å². The summed E-state index contributed by atoms with van der Waals surface area (Å²) in [6, 6.07) is 0. The lowest BCUT2D eigenvalue weighted by molar-refractivity contribution is -0.143. The summed E-state index contributed by atoms with van der Waals surface area (Å²) in [5, 5.41) is 0. The number of hydrogen-bond acceptors (Lipinski definition) is 2. The van der Waals surface area contributed by atoms with Crippen molar-refractivity contribution in [3.63, 3.8) is 0 Å². The highest BCUT2D eigenvalue weighted by Gasteiger charge is 1.99. The van der Waals surface area contributed by atoms with E-state index in [1.54, 1.807) is 0 Å². The second-order valence-electron chi connectivity index (χ2n) is 4.54. The Morgan fingerprint density at radius 1 is 1.11 bits per heavy atom. The third-order valence-corrected chi connectivity index (χ3v) is 2.75. The molecule has 0 saturated carbocycles. The molecule has 0 spiro atoms. The van der Waals surface area contributed by atoms with Crippen molar-refractivity contribution < 1.29 is 9.53 Å². The van der Waals surface area contributed by atoms with Gasteiger partial charge in [0.2, 0.25) is 0 Å². The van der Waals surface area contributed by atoms with Crippen molar-refractivity contribution in [3.05, 3.63) is 24.8 Å². The van der Waals surface area contributed by atoms with Gasteiger partial charge in [0.25, 0.3) is 0 Å². The van der Waals surface area contributed by atoms with E-state index in [9.17, 15) is 4.79 Å². The first-order valence-corrected chi connectivity index (χ1v) is 7.24. The van der Waals surface area contributed by atoms with Gasteiger partial charge in [-0.25, -0.2) is 0 Å². The molecule has 0 heterocycles. The molecule has 0 aromatic heterocycles. The molecule has 0 aliphatic heterocycles. The fourth-order valence-corrected chi connectivity index (χ4v) is 1.73. The van der Waals surface area contributed by atoms with Gasteiger partial charge in [0.1, 0.15) is 0 Å². The Balaban J connectivity index is 3.09. The molecular formula is C16H28O2. The van der Waals surface area contributed by atoms with Crippen LogP contribution in [-0.2, 0) is 9.53 Å². The number of allylic oxidation sites excluding steroid dienone is 3. The lowest BCUT2D eigenvalue weighted by atomic mass is 10.1. The lowest BCUT2D eigenvalue weighted by Crippen LogP contribution is -2.04. The van der Waals surface area contributed by atoms with E-state index in [4.69, 9.17) is 4.74 Å². The Hall–Kier alpha value is -1.05. The van der Waals surface area contributed by atoms with E-state index >= 15 is 0 Å². The molecule has 18 heavy (non-hydrogen) atoms. The Morgan fingerprint density at radius 2 is 1.78 bits per heavy atom. The van der Waals surface area contributed by atoms with Crippen LogP contribution in [0, 0.1) is 0 Å². The molecule has 0 fully saturated rings. The largest absolute Gasteiger partial charge is 0.466 e. The first-order valence-electron chi connectivity index (χ1n) is 7.24. The topological polar surface area (TPSA) is 26.3 Å². The molecule has 0 bridgehead atoms. The van der Waals surface area contributed by atoms with Gasteiger partial charge in [-0.1, -0.05) is 57.4 Å². The molecule has 0 amide bonds. The van der Waals surface area contributed by atoms with Crippen LogP contribution in [0.1, 0.15) is 64.7 Å². The van der Waals surface area contributed by atoms with Gasteiger partial charge in [-0.3, -0.25) is 4.79 Å². The summed E-state index contributed by atoms with van der Waals surface area (Å²) in [5.74, 6) is -0.0495. The molecule has 0 aromatic carbocycles. The van der Waals surface area contributed by atoms with Crippen molar-refractivity contribution >= 4 is 5.97 Å². The van der Waals surface area contributed by atoms with Crippen LogP contribution in [0.5, 0.6) is 0 Å². The van der Waals surface area contributed by atoms with Crippen LogP contribution in [0.25, 0.3) is 0 Å². The van der Waals surface area contributed by atoms with Gasteiger partial charge < -0.3 is 4.74 Å². The normalized spacial score (nSPS) is 10.7. The Labute approximate surface area is 112 Å². The summed E-state index contributed by atoms with van der Waals surface area (Å²) in [6.45, 7) is 6.23. The predicted molar refractivity (Wildman–Crippen MR) is 77.5 cm³/mol. The predicted octanol–water partition coefficient (Wildman–Crippen LogP) is 4.80. The van der Waals surface area contributed by atoms with Gasteiger partial charge in [-0.05, 0) is 25.7 Å². The average Bonchev–Trinajstić information content (AvgIpc) is 2.36. The molecule has 2 nitrogen and oxygen atoms in total. The second kappa shape index (κ2) is 14.0. The monoisotopic (exact) mass is 252 g/mol. The number of ether oxygens (including phenoxy) is 1. The molecule has 2 heteroatoms. The van der Waals surface area contributed by atoms with Gasteiger partial charge in [-0.15, -0.1) is 0 Å². The van der Waals surface area contributed by atoms with E-state index in [2.05, 4.69) is 12.7 Å².